The van der Waals surface area contributed by atoms with Crippen molar-refractivity contribution < 1.29 is 17.7 Å². The summed E-state index contributed by atoms with van der Waals surface area (Å²) in [5.74, 6) is 0.346. The smallest absolute Gasteiger partial charge is 0.333 e. The highest BCUT2D eigenvalue weighted by atomic mass is 19.4. The van der Waals surface area contributed by atoms with E-state index in [1.165, 1.54) is 0 Å². The summed E-state index contributed by atoms with van der Waals surface area (Å²) in [5.41, 5.74) is 4.79. The zero-order chi connectivity index (χ0) is 27.3. The van der Waals surface area contributed by atoms with Crippen LogP contribution in [0.25, 0.3) is 11.2 Å². The Morgan fingerprint density at radius 1 is 1.00 bits per heavy atom. The Balaban J connectivity index is 1.42. The number of alkyl halides is 3. The molecule has 0 saturated carbocycles. The number of aromatic amines is 1. The lowest BCUT2D eigenvalue weighted by atomic mass is 10.0. The van der Waals surface area contributed by atoms with Crippen molar-refractivity contribution in [2.24, 2.45) is 0 Å². The normalized spacial score (nSPS) is 13.4. The van der Waals surface area contributed by atoms with Gasteiger partial charge < -0.3 is 9.47 Å². The second kappa shape index (κ2) is 9.40. The molecule has 0 spiro atoms. The molecule has 6 rings (SSSR count). The number of nitrogens with one attached hydrogen (secondary N) is 1. The summed E-state index contributed by atoms with van der Waals surface area (Å²) in [7, 11) is 0. The second-order valence-corrected chi connectivity index (χ2v) is 9.67. The van der Waals surface area contributed by atoms with Gasteiger partial charge in [-0.15, -0.1) is 0 Å². The van der Waals surface area contributed by atoms with Gasteiger partial charge in [0.15, 0.2) is 11.5 Å². The Labute approximate surface area is 221 Å². The fraction of sp³-hybridized carbons (Fsp3) is 0.286. The fourth-order valence-electron chi connectivity index (χ4n) is 5.33. The third-order valence-electron chi connectivity index (χ3n) is 7.05. The minimum Gasteiger partial charge on any atom is -0.333 e. The zero-order valence-electron chi connectivity index (χ0n) is 21.3. The third kappa shape index (κ3) is 4.58. The number of aromatic nitrogens is 5. The molecule has 1 aliphatic rings. The van der Waals surface area contributed by atoms with Crippen molar-refractivity contribution in [1.82, 2.24) is 24.7 Å². The van der Waals surface area contributed by atoms with Gasteiger partial charge in [0.2, 0.25) is 0 Å². The average molecular weight is 535 g/mol. The SMILES string of the molecule is CCc1nc2c(C(F)(F)F)cc(C)nc2n1Cc1ccc2c(c1)CCc1ccccc1N2Cc1noc(=O)[nH]1. The van der Waals surface area contributed by atoms with Crippen LogP contribution in [-0.4, -0.2) is 24.7 Å². The van der Waals surface area contributed by atoms with Crippen LogP contribution in [0, 0.1) is 6.92 Å². The fourth-order valence-corrected chi connectivity index (χ4v) is 5.33. The first-order valence-corrected chi connectivity index (χ1v) is 12.7. The number of aryl methyl sites for hydroxylation is 4. The highest BCUT2D eigenvalue weighted by Gasteiger charge is 2.35. The van der Waals surface area contributed by atoms with Crippen LogP contribution in [0.4, 0.5) is 24.5 Å². The van der Waals surface area contributed by atoms with E-state index in [2.05, 4.69) is 37.1 Å². The van der Waals surface area contributed by atoms with Gasteiger partial charge in [0.05, 0.1) is 18.7 Å². The van der Waals surface area contributed by atoms with Gasteiger partial charge in [0, 0.05) is 23.5 Å². The second-order valence-electron chi connectivity index (χ2n) is 9.67. The van der Waals surface area contributed by atoms with E-state index in [4.69, 9.17) is 4.52 Å². The van der Waals surface area contributed by atoms with E-state index >= 15 is 0 Å². The number of hydrogen-bond acceptors (Lipinski definition) is 6. The standard InChI is InChI=1S/C28H25F3N6O2/c1-3-24-34-25-20(28(29,30)31)12-16(2)32-26(25)37(24)14-17-8-11-22-19(13-17)10-9-18-6-4-5-7-21(18)36(22)15-23-33-27(38)39-35-23/h4-8,11-13H,3,9-10,14-15H2,1-2H3,(H,33,35,38). The molecular formula is C28H25F3N6O2. The van der Waals surface area contributed by atoms with Crippen molar-refractivity contribution in [2.75, 3.05) is 4.90 Å². The Hall–Kier alpha value is -4.41. The van der Waals surface area contributed by atoms with Crippen LogP contribution in [0.2, 0.25) is 0 Å². The van der Waals surface area contributed by atoms with E-state index < -0.39 is 17.5 Å². The third-order valence-corrected chi connectivity index (χ3v) is 7.05. The van der Waals surface area contributed by atoms with Crippen LogP contribution in [0.3, 0.4) is 0 Å². The number of nitrogens with zero attached hydrogens (tertiary/aromatic N) is 5. The van der Waals surface area contributed by atoms with Gasteiger partial charge in [-0.2, -0.15) is 13.2 Å². The van der Waals surface area contributed by atoms with Gasteiger partial charge in [-0.25, -0.2) is 14.8 Å². The van der Waals surface area contributed by atoms with E-state index in [1.807, 2.05) is 37.3 Å². The molecule has 0 radical (unpaired) electrons. The topological polar surface area (TPSA) is 92.8 Å². The van der Waals surface area contributed by atoms with E-state index in [0.717, 1.165) is 47.0 Å². The molecule has 5 aromatic rings. The van der Waals surface area contributed by atoms with E-state index in [9.17, 15) is 18.0 Å². The molecule has 1 aliphatic heterocycles. The Kier molecular flexibility index (Phi) is 6.00. The molecule has 39 heavy (non-hydrogen) atoms. The number of halogens is 3. The number of pyridine rings is 1. The predicted octanol–water partition coefficient (Wildman–Crippen LogP) is 5.48. The zero-order valence-corrected chi connectivity index (χ0v) is 21.3. The monoisotopic (exact) mass is 534 g/mol. The van der Waals surface area contributed by atoms with Crippen molar-refractivity contribution in [1.29, 1.82) is 0 Å². The number of anilines is 2. The average Bonchev–Trinajstić information content (AvgIpc) is 3.43. The lowest BCUT2D eigenvalue weighted by Gasteiger charge is -2.26. The Bertz CT molecular complexity index is 1750. The number of H-pyrrole nitrogens is 1. The van der Waals surface area contributed by atoms with E-state index in [0.29, 0.717) is 36.9 Å². The van der Waals surface area contributed by atoms with Crippen molar-refractivity contribution in [3.8, 4) is 0 Å². The van der Waals surface area contributed by atoms with Gasteiger partial charge in [-0.3, -0.25) is 9.51 Å². The quantitative estimate of drug-likeness (QED) is 0.321. The molecule has 0 saturated heterocycles. The summed E-state index contributed by atoms with van der Waals surface area (Å²) in [6, 6.07) is 15.2. The number of hydrogen-bond donors (Lipinski definition) is 1. The number of rotatable bonds is 5. The Morgan fingerprint density at radius 3 is 2.51 bits per heavy atom. The number of para-hydroxylation sites is 1. The maximum Gasteiger partial charge on any atom is 0.438 e. The van der Waals surface area contributed by atoms with E-state index in [1.54, 1.807) is 11.5 Å². The number of imidazole rings is 1. The maximum atomic E-state index is 13.8. The minimum atomic E-state index is -4.52. The maximum absolute atomic E-state index is 13.8. The van der Waals surface area contributed by atoms with Gasteiger partial charge in [0.1, 0.15) is 11.3 Å². The van der Waals surface area contributed by atoms with Crippen LogP contribution in [-0.2, 0) is 38.5 Å². The molecule has 0 aliphatic carbocycles. The molecule has 11 heteroatoms. The van der Waals surface area contributed by atoms with Gasteiger partial charge in [-0.1, -0.05) is 42.4 Å². The summed E-state index contributed by atoms with van der Waals surface area (Å²) < 4.78 is 47.9. The van der Waals surface area contributed by atoms with Crippen LogP contribution in [0.5, 0.6) is 0 Å². The largest absolute Gasteiger partial charge is 0.438 e. The molecule has 8 nitrogen and oxygen atoms in total. The first-order chi connectivity index (χ1) is 18.7. The molecule has 200 valence electrons. The summed E-state index contributed by atoms with van der Waals surface area (Å²) in [4.78, 5) is 25.1. The van der Waals surface area contributed by atoms with Gasteiger partial charge in [-0.05, 0) is 54.7 Å². The molecular weight excluding hydrogens is 509 g/mol. The lowest BCUT2D eigenvalue weighted by molar-refractivity contribution is -0.136. The molecule has 1 N–H and O–H groups in total. The highest BCUT2D eigenvalue weighted by molar-refractivity contribution is 5.77. The molecule has 2 aromatic carbocycles. The Morgan fingerprint density at radius 2 is 1.77 bits per heavy atom. The highest BCUT2D eigenvalue weighted by Crippen LogP contribution is 2.38. The summed E-state index contributed by atoms with van der Waals surface area (Å²) >= 11 is 0. The number of fused-ring (bicyclic) bond motifs is 3. The molecule has 0 fully saturated rings. The summed E-state index contributed by atoms with van der Waals surface area (Å²) in [5, 5.41) is 3.85. The molecule has 4 heterocycles. The molecule has 0 unspecified atom stereocenters. The first-order valence-electron chi connectivity index (χ1n) is 12.7. The summed E-state index contributed by atoms with van der Waals surface area (Å²) in [6.45, 7) is 4.08. The molecule has 0 bridgehead atoms. The predicted molar refractivity (Wildman–Crippen MR) is 139 cm³/mol. The van der Waals surface area contributed by atoms with Crippen molar-refractivity contribution in [3.05, 3.63) is 98.7 Å². The van der Waals surface area contributed by atoms with Crippen molar-refractivity contribution in [3.63, 3.8) is 0 Å². The summed E-state index contributed by atoms with van der Waals surface area (Å²) in [6.07, 6.45) is -2.47. The van der Waals surface area contributed by atoms with Crippen molar-refractivity contribution >= 4 is 22.5 Å². The molecule has 0 amide bonds. The van der Waals surface area contributed by atoms with Crippen LogP contribution in [0.1, 0.15) is 46.5 Å². The van der Waals surface area contributed by atoms with Crippen molar-refractivity contribution in [2.45, 2.75) is 52.4 Å². The van der Waals surface area contributed by atoms with Gasteiger partial charge in [0.25, 0.3) is 0 Å². The lowest BCUT2D eigenvalue weighted by Crippen LogP contribution is -2.19. The number of benzene rings is 2. The minimum absolute atomic E-state index is 0.122. The van der Waals surface area contributed by atoms with Crippen LogP contribution in [0.15, 0.2) is 57.8 Å². The molecule has 0 atom stereocenters. The van der Waals surface area contributed by atoms with Crippen LogP contribution >= 0.6 is 0 Å². The van der Waals surface area contributed by atoms with Crippen LogP contribution < -0.4 is 10.7 Å². The first kappa shape index (κ1) is 24.9. The van der Waals surface area contributed by atoms with E-state index in [-0.39, 0.29) is 11.2 Å². The molecule has 3 aromatic heterocycles. The van der Waals surface area contributed by atoms with Gasteiger partial charge >= 0.3 is 11.9 Å².